The maximum atomic E-state index is 13.4. The second-order valence-corrected chi connectivity index (χ2v) is 10.0. The highest BCUT2D eigenvalue weighted by Crippen LogP contribution is 2.43. The Balaban J connectivity index is 0.00000306. The fourth-order valence-electron chi connectivity index (χ4n) is 4.49. The Hall–Kier alpha value is -1.31. The molecule has 33 heavy (non-hydrogen) atoms. The van der Waals surface area contributed by atoms with Crippen LogP contribution in [-0.2, 0) is 4.79 Å². The van der Waals surface area contributed by atoms with Gasteiger partial charge in [0.2, 0.25) is 0 Å². The Kier molecular flexibility index (Phi) is 9.48. The molecule has 2 aromatic rings. The topological polar surface area (TPSA) is 47.9 Å². The van der Waals surface area contributed by atoms with Crippen LogP contribution in [-0.4, -0.2) is 29.7 Å². The van der Waals surface area contributed by atoms with Crippen molar-refractivity contribution in [2.24, 2.45) is 11.0 Å². The lowest BCUT2D eigenvalue weighted by Crippen LogP contribution is -2.47. The van der Waals surface area contributed by atoms with Crippen molar-refractivity contribution >= 4 is 68.8 Å². The third-order valence-electron chi connectivity index (χ3n) is 6.12. The highest BCUT2D eigenvalue weighted by molar-refractivity contribution is 9.10. The normalized spacial score (nSPS) is 21.2. The largest absolute Gasteiger partial charge is 0.284 e. The van der Waals surface area contributed by atoms with E-state index < -0.39 is 0 Å². The summed E-state index contributed by atoms with van der Waals surface area (Å²) in [5.74, 6) is -0.205. The number of hydrogen-bond donors (Lipinski definition) is 1. The number of nitrogens with one attached hydrogen (secondary N) is 1. The molecule has 178 valence electrons. The minimum atomic E-state index is -0.142. The maximum absolute atomic E-state index is 13.4. The van der Waals surface area contributed by atoms with E-state index in [1.54, 1.807) is 12.1 Å². The average molecular weight is 575 g/mol. The van der Waals surface area contributed by atoms with Crippen molar-refractivity contribution in [3.8, 4) is 0 Å². The van der Waals surface area contributed by atoms with Crippen molar-refractivity contribution < 1.29 is 4.79 Å². The van der Waals surface area contributed by atoms with E-state index in [4.69, 9.17) is 28.3 Å². The third-order valence-corrected chi connectivity index (χ3v) is 7.18. The number of benzene rings is 2. The molecule has 1 fully saturated rings. The van der Waals surface area contributed by atoms with Crippen molar-refractivity contribution in [1.82, 2.24) is 10.4 Å². The summed E-state index contributed by atoms with van der Waals surface area (Å²) in [5, 5.41) is 9.83. The van der Waals surface area contributed by atoms with Crippen LogP contribution in [0.4, 0.5) is 5.69 Å². The predicted octanol–water partition coefficient (Wildman–Crippen LogP) is 7.03. The molecule has 2 aromatic carbocycles. The van der Waals surface area contributed by atoms with Crippen molar-refractivity contribution in [3.05, 3.63) is 62.5 Å². The van der Waals surface area contributed by atoms with Crippen LogP contribution in [0.5, 0.6) is 0 Å². The zero-order valence-electron chi connectivity index (χ0n) is 18.4. The van der Waals surface area contributed by atoms with Crippen molar-refractivity contribution in [2.45, 2.75) is 45.1 Å². The molecule has 0 spiro atoms. The lowest BCUT2D eigenvalue weighted by atomic mass is 9.87. The first-order chi connectivity index (χ1) is 15.5. The second kappa shape index (κ2) is 11.9. The van der Waals surface area contributed by atoms with Gasteiger partial charge in [0.05, 0.1) is 16.8 Å². The summed E-state index contributed by atoms with van der Waals surface area (Å²) >= 11 is 16.2. The van der Waals surface area contributed by atoms with Gasteiger partial charge in [0.25, 0.3) is 5.91 Å². The molecule has 0 radical (unpaired) electrons. The lowest BCUT2D eigenvalue weighted by molar-refractivity contribution is -0.119. The van der Waals surface area contributed by atoms with Crippen LogP contribution in [0.15, 0.2) is 52.0 Å². The molecule has 2 heterocycles. The summed E-state index contributed by atoms with van der Waals surface area (Å²) in [5.41, 5.74) is 5.47. The molecule has 1 saturated heterocycles. The van der Waals surface area contributed by atoms with Crippen molar-refractivity contribution in [3.63, 3.8) is 0 Å². The van der Waals surface area contributed by atoms with Crippen LogP contribution in [0, 0.1) is 5.92 Å². The molecule has 0 saturated carbocycles. The fourth-order valence-corrected chi connectivity index (χ4v) is 5.25. The number of halogens is 4. The predicted molar refractivity (Wildman–Crippen MR) is 142 cm³/mol. The van der Waals surface area contributed by atoms with E-state index >= 15 is 0 Å². The Bertz CT molecular complexity index is 994. The van der Waals surface area contributed by atoms with Gasteiger partial charge in [0, 0.05) is 28.5 Å². The van der Waals surface area contributed by atoms with Gasteiger partial charge in [-0.2, -0.15) is 5.10 Å². The molecule has 0 bridgehead atoms. The van der Waals surface area contributed by atoms with Gasteiger partial charge in [-0.3, -0.25) is 15.2 Å². The van der Waals surface area contributed by atoms with Gasteiger partial charge in [-0.1, -0.05) is 71.0 Å². The SMILES string of the molecule is CC[C@@H]1C(C(=O)NN2CCCCCC2)=NN(c2ccc(Cl)cc2Cl)[C@H]1c1ccc(Br)cc1.Cl. The van der Waals surface area contributed by atoms with Crippen LogP contribution < -0.4 is 10.4 Å². The highest BCUT2D eigenvalue weighted by atomic mass is 79.9. The molecule has 5 nitrogen and oxygen atoms in total. The van der Waals surface area contributed by atoms with Crippen molar-refractivity contribution in [2.75, 3.05) is 18.1 Å². The summed E-state index contributed by atoms with van der Waals surface area (Å²) in [4.78, 5) is 13.4. The van der Waals surface area contributed by atoms with E-state index in [9.17, 15) is 4.79 Å². The Morgan fingerprint density at radius 1 is 1.09 bits per heavy atom. The molecule has 1 N–H and O–H groups in total. The highest BCUT2D eigenvalue weighted by Gasteiger charge is 2.42. The third kappa shape index (κ3) is 6.04. The van der Waals surface area contributed by atoms with E-state index in [0.29, 0.717) is 15.8 Å². The van der Waals surface area contributed by atoms with Gasteiger partial charge >= 0.3 is 0 Å². The van der Waals surface area contributed by atoms with Gasteiger partial charge in [-0.15, -0.1) is 12.4 Å². The zero-order valence-corrected chi connectivity index (χ0v) is 22.4. The van der Waals surface area contributed by atoms with Gasteiger partial charge in [-0.25, -0.2) is 5.01 Å². The van der Waals surface area contributed by atoms with Crippen LogP contribution in [0.25, 0.3) is 0 Å². The molecule has 4 rings (SSSR count). The molecule has 9 heteroatoms. The number of nitrogens with zero attached hydrogens (tertiary/aromatic N) is 3. The molecule has 2 atom stereocenters. The molecular formula is C24H28BrCl3N4O. The summed E-state index contributed by atoms with van der Waals surface area (Å²) in [6.07, 6.45) is 5.38. The molecule has 2 aliphatic heterocycles. The number of rotatable bonds is 5. The first-order valence-corrected chi connectivity index (χ1v) is 12.7. The number of hydrazine groups is 1. The Morgan fingerprint density at radius 3 is 2.36 bits per heavy atom. The van der Waals surface area contributed by atoms with Gasteiger partial charge in [-0.05, 0) is 55.2 Å². The Labute approximate surface area is 220 Å². The molecule has 1 amide bonds. The first-order valence-electron chi connectivity index (χ1n) is 11.1. The van der Waals surface area contributed by atoms with Crippen LogP contribution in [0.3, 0.4) is 0 Å². The van der Waals surface area contributed by atoms with E-state index in [0.717, 1.165) is 48.1 Å². The number of hydrazone groups is 1. The second-order valence-electron chi connectivity index (χ2n) is 8.28. The molecular weight excluding hydrogens is 547 g/mol. The number of amides is 1. The van der Waals surface area contributed by atoms with Gasteiger partial charge in [0.15, 0.2) is 0 Å². The van der Waals surface area contributed by atoms with Crippen LogP contribution in [0.1, 0.15) is 50.6 Å². The standard InChI is InChI=1S/C24H27BrCl2N4O.ClH/c1-2-19-22(24(32)29-30-13-5-3-4-6-14-30)28-31(21-12-11-18(26)15-20(21)27)23(19)16-7-9-17(25)10-8-16;/h7-12,15,19,23H,2-6,13-14H2,1H3,(H,29,32);1H/t19-,23+;/m1./s1. The summed E-state index contributed by atoms with van der Waals surface area (Å²) in [6.45, 7) is 3.84. The summed E-state index contributed by atoms with van der Waals surface area (Å²) in [6, 6.07) is 13.4. The van der Waals surface area contributed by atoms with Crippen LogP contribution >= 0.6 is 51.5 Å². The number of carbonyl (C=O) groups is 1. The average Bonchev–Trinajstić information content (AvgIpc) is 2.96. The monoisotopic (exact) mass is 572 g/mol. The zero-order chi connectivity index (χ0) is 22.7. The number of anilines is 1. The van der Waals surface area contributed by atoms with Gasteiger partial charge in [0.1, 0.15) is 5.71 Å². The quantitative estimate of drug-likeness (QED) is 0.417. The van der Waals surface area contributed by atoms with Crippen molar-refractivity contribution in [1.29, 1.82) is 0 Å². The van der Waals surface area contributed by atoms with Gasteiger partial charge < -0.3 is 0 Å². The van der Waals surface area contributed by atoms with E-state index in [-0.39, 0.29) is 30.3 Å². The fraction of sp³-hybridized carbons (Fsp3) is 0.417. The smallest absolute Gasteiger partial charge is 0.282 e. The molecule has 0 unspecified atom stereocenters. The number of carbonyl (C=O) groups excluding carboxylic acids is 1. The van der Waals surface area contributed by atoms with Crippen LogP contribution in [0.2, 0.25) is 10.0 Å². The molecule has 0 aliphatic carbocycles. The summed E-state index contributed by atoms with van der Waals surface area (Å²) in [7, 11) is 0. The number of hydrogen-bond acceptors (Lipinski definition) is 4. The Morgan fingerprint density at radius 2 is 1.76 bits per heavy atom. The molecule has 2 aliphatic rings. The first kappa shape index (κ1) is 26.3. The summed E-state index contributed by atoms with van der Waals surface area (Å²) < 4.78 is 1.00. The maximum Gasteiger partial charge on any atom is 0.282 e. The molecule has 0 aromatic heterocycles. The lowest BCUT2D eigenvalue weighted by Gasteiger charge is -2.29. The van der Waals surface area contributed by atoms with E-state index in [1.165, 1.54) is 12.8 Å². The van der Waals surface area contributed by atoms with E-state index in [2.05, 4.69) is 40.4 Å². The minimum absolute atomic E-state index is 0. The van der Waals surface area contributed by atoms with E-state index in [1.807, 2.05) is 28.2 Å². The minimum Gasteiger partial charge on any atom is -0.284 e.